The molecule has 0 aromatic heterocycles. The van der Waals surface area contributed by atoms with Gasteiger partial charge < -0.3 is 9.80 Å². The van der Waals surface area contributed by atoms with Crippen LogP contribution in [0.1, 0.15) is 13.3 Å². The van der Waals surface area contributed by atoms with Crippen molar-refractivity contribution in [3.8, 4) is 0 Å². The van der Waals surface area contributed by atoms with Gasteiger partial charge in [0.25, 0.3) is 5.69 Å². The van der Waals surface area contributed by atoms with Gasteiger partial charge in [-0.25, -0.2) is 8.42 Å². The fourth-order valence-corrected chi connectivity index (χ4v) is 3.51. The van der Waals surface area contributed by atoms with Crippen LogP contribution < -0.4 is 4.90 Å². The highest BCUT2D eigenvalue weighted by Gasteiger charge is 2.33. The molecule has 0 amide bonds. The van der Waals surface area contributed by atoms with E-state index in [4.69, 9.17) is 0 Å². The van der Waals surface area contributed by atoms with Gasteiger partial charge in [-0.05, 0) is 32.1 Å². The molecule has 0 bridgehead atoms. The SMILES string of the molecule is CCN(C)C1CCN(c2ccc(S(=O)(=O)C(F)F)cc2[N+](=O)[O-])C1. The molecule has 0 spiro atoms. The summed E-state index contributed by atoms with van der Waals surface area (Å²) >= 11 is 0. The summed E-state index contributed by atoms with van der Waals surface area (Å²) in [5, 5.41) is 11.3. The quantitative estimate of drug-likeness (QED) is 0.569. The van der Waals surface area contributed by atoms with Crippen molar-refractivity contribution in [1.29, 1.82) is 0 Å². The minimum absolute atomic E-state index is 0.235. The number of alkyl halides is 2. The molecule has 0 N–H and O–H groups in total. The van der Waals surface area contributed by atoms with E-state index < -0.39 is 31.1 Å². The van der Waals surface area contributed by atoms with Gasteiger partial charge in [0.1, 0.15) is 5.69 Å². The molecule has 1 atom stereocenters. The largest absolute Gasteiger partial charge is 0.364 e. The number of anilines is 1. The van der Waals surface area contributed by atoms with E-state index in [9.17, 15) is 27.3 Å². The number of nitro groups is 1. The smallest absolute Gasteiger partial charge is 0.341 e. The first kappa shape index (κ1) is 18.5. The fourth-order valence-electron chi connectivity index (χ4n) is 2.78. The number of sulfone groups is 1. The normalized spacial score (nSPS) is 18.6. The standard InChI is InChI=1S/C14H19F2N3O4S/c1-3-17(2)10-6-7-18(9-10)12-5-4-11(8-13(12)19(20)21)24(22,23)14(15)16/h4-5,8,10,14H,3,6-7,9H2,1-2H3. The highest BCUT2D eigenvalue weighted by molar-refractivity contribution is 7.91. The van der Waals surface area contributed by atoms with Gasteiger partial charge in [0.15, 0.2) is 0 Å². The van der Waals surface area contributed by atoms with Crippen molar-refractivity contribution in [1.82, 2.24) is 4.90 Å². The molecular weight excluding hydrogens is 344 g/mol. The monoisotopic (exact) mass is 363 g/mol. The molecule has 0 saturated carbocycles. The summed E-state index contributed by atoms with van der Waals surface area (Å²) in [6.45, 7) is 3.99. The molecule has 134 valence electrons. The second kappa shape index (κ2) is 6.98. The topological polar surface area (TPSA) is 83.8 Å². The lowest BCUT2D eigenvalue weighted by atomic mass is 10.2. The molecule has 10 heteroatoms. The average Bonchev–Trinajstić information content (AvgIpc) is 3.03. The zero-order valence-corrected chi connectivity index (χ0v) is 14.2. The van der Waals surface area contributed by atoms with Crippen molar-refractivity contribution in [2.75, 3.05) is 31.6 Å². The van der Waals surface area contributed by atoms with Crippen LogP contribution in [0.5, 0.6) is 0 Å². The predicted octanol–water partition coefficient (Wildman–Crippen LogP) is 2.12. The lowest BCUT2D eigenvalue weighted by molar-refractivity contribution is -0.384. The molecule has 1 saturated heterocycles. The zero-order valence-electron chi connectivity index (χ0n) is 13.4. The van der Waals surface area contributed by atoms with Crippen LogP contribution in [-0.4, -0.2) is 56.7 Å². The van der Waals surface area contributed by atoms with Gasteiger partial charge in [0.2, 0.25) is 9.84 Å². The first-order valence-corrected chi connectivity index (χ1v) is 8.98. The van der Waals surface area contributed by atoms with Crippen molar-refractivity contribution in [3.05, 3.63) is 28.3 Å². The van der Waals surface area contributed by atoms with Crippen LogP contribution in [0.25, 0.3) is 0 Å². The van der Waals surface area contributed by atoms with Gasteiger partial charge in [-0.2, -0.15) is 8.78 Å². The Morgan fingerprint density at radius 3 is 2.67 bits per heavy atom. The molecule has 24 heavy (non-hydrogen) atoms. The average molecular weight is 363 g/mol. The molecule has 7 nitrogen and oxygen atoms in total. The van der Waals surface area contributed by atoms with Crippen LogP contribution in [0.15, 0.2) is 23.1 Å². The molecule has 1 aromatic rings. The number of hydrogen-bond donors (Lipinski definition) is 0. The van der Waals surface area contributed by atoms with Gasteiger partial charge in [-0.1, -0.05) is 6.92 Å². The van der Waals surface area contributed by atoms with Crippen molar-refractivity contribution in [3.63, 3.8) is 0 Å². The molecule has 1 unspecified atom stereocenters. The lowest BCUT2D eigenvalue weighted by Crippen LogP contribution is -2.34. The van der Waals surface area contributed by atoms with Crippen LogP contribution in [0.3, 0.4) is 0 Å². The maximum absolute atomic E-state index is 12.6. The van der Waals surface area contributed by atoms with Gasteiger partial charge in [-0.3, -0.25) is 10.1 Å². The Kier molecular flexibility index (Phi) is 5.38. The molecule has 0 radical (unpaired) electrons. The van der Waals surface area contributed by atoms with Gasteiger partial charge in [0, 0.05) is 25.2 Å². The van der Waals surface area contributed by atoms with E-state index in [1.807, 2.05) is 14.0 Å². The maximum Gasteiger partial charge on any atom is 0.341 e. The lowest BCUT2D eigenvalue weighted by Gasteiger charge is -2.24. The van der Waals surface area contributed by atoms with Gasteiger partial charge in [-0.15, -0.1) is 0 Å². The highest BCUT2D eigenvalue weighted by atomic mass is 32.2. The Morgan fingerprint density at radius 2 is 2.12 bits per heavy atom. The molecule has 0 aliphatic carbocycles. The first-order valence-electron chi connectivity index (χ1n) is 7.44. The molecule has 1 aliphatic rings. The number of benzene rings is 1. The Balaban J connectivity index is 2.37. The van der Waals surface area contributed by atoms with Gasteiger partial charge >= 0.3 is 5.76 Å². The highest BCUT2D eigenvalue weighted by Crippen LogP contribution is 2.34. The van der Waals surface area contributed by atoms with E-state index in [2.05, 4.69) is 4.90 Å². The minimum Gasteiger partial charge on any atom is -0.364 e. The van der Waals surface area contributed by atoms with E-state index in [0.29, 0.717) is 19.2 Å². The molecular formula is C14H19F2N3O4S. The molecule has 1 aromatic carbocycles. The number of halogens is 2. The Morgan fingerprint density at radius 1 is 1.46 bits per heavy atom. The Hall–Kier alpha value is -1.81. The van der Waals surface area contributed by atoms with Crippen molar-refractivity contribution >= 4 is 21.2 Å². The summed E-state index contributed by atoms with van der Waals surface area (Å²) in [6.07, 6.45) is 0.818. The van der Waals surface area contributed by atoms with Crippen LogP contribution in [0, 0.1) is 10.1 Å². The fraction of sp³-hybridized carbons (Fsp3) is 0.571. The third kappa shape index (κ3) is 3.48. The third-order valence-corrected chi connectivity index (χ3v) is 5.71. The van der Waals surface area contributed by atoms with E-state index >= 15 is 0 Å². The summed E-state index contributed by atoms with van der Waals surface area (Å²) in [7, 11) is -2.91. The number of nitrogens with zero attached hydrogens (tertiary/aromatic N) is 3. The second-order valence-electron chi connectivity index (χ2n) is 5.68. The zero-order chi connectivity index (χ0) is 18.1. The molecule has 1 aliphatic heterocycles. The summed E-state index contributed by atoms with van der Waals surface area (Å²) < 4.78 is 48.3. The summed E-state index contributed by atoms with van der Waals surface area (Å²) in [6, 6.07) is 3.19. The van der Waals surface area contributed by atoms with Gasteiger partial charge in [0.05, 0.1) is 9.82 Å². The molecule has 1 heterocycles. The Bertz CT molecular complexity index is 727. The predicted molar refractivity (Wildman–Crippen MR) is 85.2 cm³/mol. The number of nitro benzene ring substituents is 1. The van der Waals surface area contributed by atoms with E-state index in [-0.39, 0.29) is 11.7 Å². The van der Waals surface area contributed by atoms with Crippen LogP contribution in [0.2, 0.25) is 0 Å². The van der Waals surface area contributed by atoms with Crippen molar-refractivity contribution in [2.24, 2.45) is 0 Å². The summed E-state index contributed by atoms with van der Waals surface area (Å²) in [5.74, 6) is -3.61. The third-order valence-electron chi connectivity index (χ3n) is 4.33. The first-order chi connectivity index (χ1) is 11.2. The van der Waals surface area contributed by atoms with E-state index in [1.165, 1.54) is 6.07 Å². The number of likely N-dealkylation sites (N-methyl/N-ethyl adjacent to an activating group) is 1. The van der Waals surface area contributed by atoms with Crippen LogP contribution in [0.4, 0.5) is 20.2 Å². The van der Waals surface area contributed by atoms with E-state index in [0.717, 1.165) is 19.0 Å². The van der Waals surface area contributed by atoms with Crippen molar-refractivity contribution < 1.29 is 22.1 Å². The Labute approximate surface area is 138 Å². The molecule has 2 rings (SSSR count). The van der Waals surface area contributed by atoms with Crippen LogP contribution >= 0.6 is 0 Å². The molecule has 1 fully saturated rings. The van der Waals surface area contributed by atoms with Crippen molar-refractivity contribution in [2.45, 2.75) is 30.0 Å². The minimum atomic E-state index is -4.87. The number of rotatable bonds is 6. The summed E-state index contributed by atoms with van der Waals surface area (Å²) in [4.78, 5) is 13.7. The summed E-state index contributed by atoms with van der Waals surface area (Å²) in [5.41, 5.74) is -0.225. The van der Waals surface area contributed by atoms with Crippen LogP contribution in [-0.2, 0) is 9.84 Å². The van der Waals surface area contributed by atoms with E-state index in [1.54, 1.807) is 4.90 Å². The second-order valence-corrected chi connectivity index (χ2v) is 7.59. The maximum atomic E-state index is 12.6. The number of hydrogen-bond acceptors (Lipinski definition) is 6.